The fourth-order valence-electron chi connectivity index (χ4n) is 0.913. The van der Waals surface area contributed by atoms with Crippen molar-refractivity contribution in [3.8, 4) is 0 Å². The first-order valence-electron chi connectivity index (χ1n) is 3.98. The Morgan fingerprint density at radius 1 is 1.12 bits per heavy atom. The smallest absolute Gasteiger partial charge is 0.223 e. The summed E-state index contributed by atoms with van der Waals surface area (Å²) >= 11 is 6.30. The van der Waals surface area contributed by atoms with Crippen molar-refractivity contribution >= 4 is 61.9 Å². The lowest BCUT2D eigenvalue weighted by Crippen LogP contribution is -2.26. The van der Waals surface area contributed by atoms with E-state index in [1.807, 2.05) is 0 Å². The summed E-state index contributed by atoms with van der Waals surface area (Å²) in [5.74, 6) is -0.721. The molecule has 0 amide bonds. The quantitative estimate of drug-likeness (QED) is 0.505. The van der Waals surface area contributed by atoms with Crippen LogP contribution in [0.5, 0.6) is 0 Å². The highest BCUT2D eigenvalue weighted by atomic mass is 79.9. The molecule has 0 spiro atoms. The zero-order valence-corrected chi connectivity index (χ0v) is 12.3. The highest BCUT2D eigenvalue weighted by Gasteiger charge is 2.07. The summed E-state index contributed by atoms with van der Waals surface area (Å²) in [6, 6.07) is 2.51. The average molecular weight is 389 g/mol. The summed E-state index contributed by atoms with van der Waals surface area (Å²) in [6.45, 7) is 0. The number of aliphatic imine (C=N–C) groups is 2. The Kier molecular flexibility index (Phi) is 6.43. The molecule has 6 N–H and O–H groups in total. The highest BCUT2D eigenvalue weighted by molar-refractivity contribution is 9.11. The maximum absolute atomic E-state index is 12.9. The third-order valence-corrected chi connectivity index (χ3v) is 2.66. The molecule has 0 aliphatic rings. The van der Waals surface area contributed by atoms with Gasteiger partial charge in [0, 0.05) is 8.95 Å². The first-order chi connectivity index (χ1) is 7.40. The lowest BCUT2D eigenvalue weighted by Gasteiger charge is -2.02. The minimum Gasteiger partial charge on any atom is -0.370 e. The van der Waals surface area contributed by atoms with Crippen LogP contribution in [0.15, 0.2) is 31.1 Å². The molecule has 0 radical (unpaired) electrons. The molecule has 0 unspecified atom stereocenters. The van der Waals surface area contributed by atoms with Gasteiger partial charge in [-0.1, -0.05) is 0 Å². The van der Waals surface area contributed by atoms with Crippen LogP contribution in [-0.2, 0) is 0 Å². The van der Waals surface area contributed by atoms with E-state index in [4.69, 9.17) is 17.2 Å². The van der Waals surface area contributed by atoms with Gasteiger partial charge >= 0.3 is 0 Å². The first-order valence-corrected chi connectivity index (χ1v) is 5.57. The van der Waals surface area contributed by atoms with Gasteiger partial charge in [-0.15, -0.1) is 12.4 Å². The Bertz CT molecular complexity index is 450. The number of hydrogen-bond acceptors (Lipinski definition) is 1. The Labute approximate surface area is 120 Å². The Morgan fingerprint density at radius 3 is 2.00 bits per heavy atom. The Hall–Kier alpha value is -0.860. The number of rotatable bonds is 1. The minimum atomic E-state index is -0.405. The van der Waals surface area contributed by atoms with E-state index in [1.54, 1.807) is 0 Å². The monoisotopic (exact) mass is 387 g/mol. The van der Waals surface area contributed by atoms with Crippen molar-refractivity contribution in [2.45, 2.75) is 0 Å². The minimum absolute atomic E-state index is 0. The second-order valence-corrected chi connectivity index (χ2v) is 4.43. The van der Waals surface area contributed by atoms with Gasteiger partial charge in [-0.05, 0) is 44.0 Å². The van der Waals surface area contributed by atoms with E-state index < -0.39 is 5.82 Å². The van der Waals surface area contributed by atoms with Gasteiger partial charge in [-0.25, -0.2) is 9.38 Å². The van der Waals surface area contributed by atoms with Crippen molar-refractivity contribution in [2.75, 3.05) is 0 Å². The molecule has 0 atom stereocenters. The van der Waals surface area contributed by atoms with Crippen LogP contribution in [0.1, 0.15) is 0 Å². The van der Waals surface area contributed by atoms with Gasteiger partial charge < -0.3 is 17.2 Å². The average Bonchev–Trinajstić information content (AvgIpc) is 2.09. The molecule has 0 aliphatic heterocycles. The maximum Gasteiger partial charge on any atom is 0.223 e. The van der Waals surface area contributed by atoms with Gasteiger partial charge in [-0.2, -0.15) is 4.99 Å². The van der Waals surface area contributed by atoms with E-state index in [2.05, 4.69) is 41.8 Å². The first kappa shape index (κ1) is 16.1. The Balaban J connectivity index is 0.00000256. The number of hydrogen-bond donors (Lipinski definition) is 3. The molecule has 0 fully saturated rings. The van der Waals surface area contributed by atoms with E-state index in [1.165, 1.54) is 12.1 Å². The summed E-state index contributed by atoms with van der Waals surface area (Å²) < 4.78 is 13.8. The van der Waals surface area contributed by atoms with E-state index in [9.17, 15) is 4.39 Å². The van der Waals surface area contributed by atoms with Crippen LogP contribution < -0.4 is 17.2 Å². The van der Waals surface area contributed by atoms with Crippen molar-refractivity contribution in [3.05, 3.63) is 26.9 Å². The van der Waals surface area contributed by atoms with Crippen LogP contribution in [-0.4, -0.2) is 11.9 Å². The van der Waals surface area contributed by atoms with Crippen LogP contribution >= 0.6 is 44.3 Å². The number of guanidine groups is 2. The molecule has 1 aromatic carbocycles. The summed E-state index contributed by atoms with van der Waals surface area (Å²) in [5, 5.41) is 0. The van der Waals surface area contributed by atoms with E-state index in [0.717, 1.165) is 0 Å². The molecule has 1 rings (SSSR count). The third kappa shape index (κ3) is 4.88. The van der Waals surface area contributed by atoms with Gasteiger partial charge in [0.15, 0.2) is 5.96 Å². The van der Waals surface area contributed by atoms with Crippen LogP contribution in [0.25, 0.3) is 0 Å². The van der Waals surface area contributed by atoms with Crippen LogP contribution in [0.4, 0.5) is 10.1 Å². The van der Waals surface area contributed by atoms with Gasteiger partial charge in [-0.3, -0.25) is 0 Å². The number of halogens is 4. The topological polar surface area (TPSA) is 103 Å². The van der Waals surface area contributed by atoms with Gasteiger partial charge in [0.25, 0.3) is 0 Å². The molecule has 94 valence electrons. The molecule has 9 heteroatoms. The summed E-state index contributed by atoms with van der Waals surface area (Å²) in [5.41, 5.74) is 16.1. The van der Waals surface area contributed by atoms with Crippen LogP contribution in [0, 0.1) is 5.82 Å². The summed E-state index contributed by atoms with van der Waals surface area (Å²) in [4.78, 5) is 7.47. The van der Waals surface area contributed by atoms with Gasteiger partial charge in [0.05, 0.1) is 5.69 Å². The fourth-order valence-corrected chi connectivity index (χ4v) is 2.22. The molecule has 17 heavy (non-hydrogen) atoms. The summed E-state index contributed by atoms with van der Waals surface area (Å²) in [6.07, 6.45) is 0. The molecule has 0 heterocycles. The predicted molar refractivity (Wildman–Crippen MR) is 76.1 cm³/mol. The SMILES string of the molecule is Cl.NC(N)=NC(N)=Nc1c(Br)cc(F)cc1Br. The predicted octanol–water partition coefficient (Wildman–Crippen LogP) is 1.99. The van der Waals surface area contributed by atoms with E-state index in [0.29, 0.717) is 14.6 Å². The molecule has 0 saturated heterocycles. The van der Waals surface area contributed by atoms with Crippen LogP contribution in [0.3, 0.4) is 0 Å². The van der Waals surface area contributed by atoms with Crippen molar-refractivity contribution < 1.29 is 4.39 Å². The van der Waals surface area contributed by atoms with Crippen molar-refractivity contribution in [3.63, 3.8) is 0 Å². The number of benzene rings is 1. The fraction of sp³-hybridized carbons (Fsp3) is 0. The number of nitrogens with two attached hydrogens (primary N) is 3. The van der Waals surface area contributed by atoms with Crippen molar-refractivity contribution in [1.82, 2.24) is 0 Å². The normalized spacial score (nSPS) is 10.6. The zero-order valence-electron chi connectivity index (χ0n) is 8.32. The van der Waals surface area contributed by atoms with Gasteiger partial charge in [0.2, 0.25) is 5.96 Å². The molecule has 1 aromatic rings. The molecule has 5 nitrogen and oxygen atoms in total. The summed E-state index contributed by atoms with van der Waals surface area (Å²) in [7, 11) is 0. The maximum atomic E-state index is 12.9. The number of nitrogens with zero attached hydrogens (tertiary/aromatic N) is 2. The third-order valence-electron chi connectivity index (χ3n) is 1.45. The van der Waals surface area contributed by atoms with Crippen LogP contribution in [0.2, 0.25) is 0 Å². The molecule has 0 aliphatic carbocycles. The molecule has 0 bridgehead atoms. The lowest BCUT2D eigenvalue weighted by molar-refractivity contribution is 0.626. The standard InChI is InChI=1S/C8H8Br2FN5.ClH/c9-4-1-3(11)2-5(10)6(4)15-8(14)16-7(12)13;/h1-2H,(H6,12,13,14,15,16);1H. The highest BCUT2D eigenvalue weighted by Crippen LogP contribution is 2.34. The van der Waals surface area contributed by atoms with Crippen molar-refractivity contribution in [2.24, 2.45) is 27.2 Å². The molecule has 0 aromatic heterocycles. The molecular weight excluding hydrogens is 380 g/mol. The largest absolute Gasteiger partial charge is 0.370 e. The second kappa shape index (κ2) is 6.77. The Morgan fingerprint density at radius 2 is 1.59 bits per heavy atom. The lowest BCUT2D eigenvalue weighted by atomic mass is 10.3. The van der Waals surface area contributed by atoms with Gasteiger partial charge in [0.1, 0.15) is 5.82 Å². The second-order valence-electron chi connectivity index (χ2n) is 2.72. The molecular formula is C8H9Br2ClFN5. The van der Waals surface area contributed by atoms with E-state index >= 15 is 0 Å². The zero-order chi connectivity index (χ0) is 12.3. The van der Waals surface area contributed by atoms with Crippen molar-refractivity contribution in [1.29, 1.82) is 0 Å². The van der Waals surface area contributed by atoms with E-state index in [-0.39, 0.29) is 24.3 Å². The molecule has 0 saturated carbocycles.